The summed E-state index contributed by atoms with van der Waals surface area (Å²) in [5.74, 6) is 1.47. The first-order valence-electron chi connectivity index (χ1n) is 6.50. The molecule has 0 N–H and O–H groups in total. The minimum Gasteiger partial charge on any atom is -0.299 e. The van der Waals surface area contributed by atoms with Crippen molar-refractivity contribution in [3.05, 3.63) is 12.2 Å². The molecular formula is C14H18O2. The first-order valence-corrected chi connectivity index (χ1v) is 6.50. The summed E-state index contributed by atoms with van der Waals surface area (Å²) in [7, 11) is 0. The molecule has 3 aliphatic carbocycles. The van der Waals surface area contributed by atoms with Crippen LogP contribution in [0.25, 0.3) is 0 Å². The zero-order valence-electron chi connectivity index (χ0n) is 9.52. The van der Waals surface area contributed by atoms with E-state index in [2.05, 4.69) is 12.2 Å². The minimum absolute atomic E-state index is 0.169. The van der Waals surface area contributed by atoms with Gasteiger partial charge in [0.2, 0.25) is 0 Å². The Morgan fingerprint density at radius 1 is 1.19 bits per heavy atom. The van der Waals surface area contributed by atoms with E-state index in [4.69, 9.17) is 0 Å². The van der Waals surface area contributed by atoms with Crippen molar-refractivity contribution in [2.75, 3.05) is 0 Å². The number of Topliss-reactive ketones (excluding diaryl/α,β-unsaturated/α-hetero) is 2. The molecule has 0 spiro atoms. The summed E-state index contributed by atoms with van der Waals surface area (Å²) >= 11 is 0. The van der Waals surface area contributed by atoms with Crippen LogP contribution in [0.1, 0.15) is 38.5 Å². The number of carbonyl (C=O) groups excluding carboxylic acids is 2. The van der Waals surface area contributed by atoms with Crippen molar-refractivity contribution in [1.29, 1.82) is 0 Å². The Bertz CT molecular complexity index is 356. The van der Waals surface area contributed by atoms with Gasteiger partial charge in [-0.2, -0.15) is 0 Å². The molecule has 0 aromatic carbocycles. The van der Waals surface area contributed by atoms with Crippen molar-refractivity contribution < 1.29 is 9.59 Å². The van der Waals surface area contributed by atoms with Crippen LogP contribution in [0.4, 0.5) is 0 Å². The number of hydrogen-bond acceptors (Lipinski definition) is 2. The number of ketones is 2. The summed E-state index contributed by atoms with van der Waals surface area (Å²) in [5, 5.41) is 0. The molecule has 4 atom stereocenters. The van der Waals surface area contributed by atoms with Crippen LogP contribution in [0.5, 0.6) is 0 Å². The molecule has 2 saturated carbocycles. The molecule has 86 valence electrons. The highest BCUT2D eigenvalue weighted by atomic mass is 16.2. The molecule has 2 heteroatoms. The van der Waals surface area contributed by atoms with Crippen LogP contribution in [0, 0.1) is 23.7 Å². The summed E-state index contributed by atoms with van der Waals surface area (Å²) in [5.41, 5.74) is 0. The molecule has 4 unspecified atom stereocenters. The molecule has 0 heterocycles. The summed E-state index contributed by atoms with van der Waals surface area (Å²) in [6.07, 6.45) is 10.1. The number of carbonyl (C=O) groups is 2. The van der Waals surface area contributed by atoms with Gasteiger partial charge in [-0.1, -0.05) is 18.6 Å². The average molecular weight is 218 g/mol. The first-order chi connectivity index (χ1) is 7.75. The normalized spacial score (nSPS) is 41.6. The molecule has 0 aromatic heterocycles. The predicted octanol–water partition coefficient (Wildman–Crippen LogP) is 2.53. The fourth-order valence-electron chi connectivity index (χ4n) is 3.65. The maximum absolute atomic E-state index is 12.3. The number of rotatable bonds is 2. The second kappa shape index (κ2) is 3.83. The van der Waals surface area contributed by atoms with Crippen LogP contribution < -0.4 is 0 Å². The third-order valence-electron chi connectivity index (χ3n) is 4.54. The van der Waals surface area contributed by atoms with Gasteiger partial charge in [-0.15, -0.1) is 0 Å². The lowest BCUT2D eigenvalue weighted by atomic mass is 9.77. The van der Waals surface area contributed by atoms with E-state index >= 15 is 0 Å². The van der Waals surface area contributed by atoms with E-state index < -0.39 is 0 Å². The van der Waals surface area contributed by atoms with Crippen molar-refractivity contribution in [2.45, 2.75) is 38.5 Å². The van der Waals surface area contributed by atoms with E-state index in [-0.39, 0.29) is 23.4 Å². The lowest BCUT2D eigenvalue weighted by molar-refractivity contribution is -0.137. The van der Waals surface area contributed by atoms with Crippen LogP contribution in [-0.4, -0.2) is 11.6 Å². The van der Waals surface area contributed by atoms with Crippen LogP contribution >= 0.6 is 0 Å². The highest BCUT2D eigenvalue weighted by molar-refractivity contribution is 6.04. The molecule has 16 heavy (non-hydrogen) atoms. The molecule has 0 aliphatic heterocycles. The van der Waals surface area contributed by atoms with Gasteiger partial charge in [0.25, 0.3) is 0 Å². The largest absolute Gasteiger partial charge is 0.299 e. The van der Waals surface area contributed by atoms with Crippen LogP contribution in [0.2, 0.25) is 0 Å². The SMILES string of the molecule is O=C1CCCCC1C(=O)C1CC2C=CC1C2. The van der Waals surface area contributed by atoms with Gasteiger partial charge in [0.1, 0.15) is 11.6 Å². The second-order valence-corrected chi connectivity index (χ2v) is 5.55. The molecule has 3 rings (SSSR count). The Labute approximate surface area is 96.1 Å². The van der Waals surface area contributed by atoms with E-state index in [9.17, 15) is 9.59 Å². The topological polar surface area (TPSA) is 34.1 Å². The molecule has 3 aliphatic rings. The van der Waals surface area contributed by atoms with Crippen molar-refractivity contribution in [3.63, 3.8) is 0 Å². The predicted molar refractivity (Wildman–Crippen MR) is 60.8 cm³/mol. The van der Waals surface area contributed by atoms with E-state index in [0.717, 1.165) is 32.1 Å². The summed E-state index contributed by atoms with van der Waals surface area (Å²) < 4.78 is 0. The van der Waals surface area contributed by atoms with Crippen molar-refractivity contribution in [3.8, 4) is 0 Å². The minimum atomic E-state index is -0.244. The fraction of sp³-hybridized carbons (Fsp3) is 0.714. The Kier molecular flexibility index (Phi) is 2.45. The fourth-order valence-corrected chi connectivity index (χ4v) is 3.65. The second-order valence-electron chi connectivity index (χ2n) is 5.55. The maximum Gasteiger partial charge on any atom is 0.147 e. The smallest absolute Gasteiger partial charge is 0.147 e. The monoisotopic (exact) mass is 218 g/mol. The quantitative estimate of drug-likeness (QED) is 0.527. The standard InChI is InChI=1S/C14H18O2/c15-13-4-2-1-3-11(13)14(16)12-8-9-5-6-10(12)7-9/h5-6,9-12H,1-4,7-8H2. The van der Waals surface area contributed by atoms with Crippen LogP contribution in [-0.2, 0) is 9.59 Å². The zero-order chi connectivity index (χ0) is 11.1. The maximum atomic E-state index is 12.3. The van der Waals surface area contributed by atoms with E-state index in [1.54, 1.807) is 0 Å². The first kappa shape index (κ1) is 10.2. The molecule has 2 bridgehead atoms. The van der Waals surface area contributed by atoms with Gasteiger partial charge in [0, 0.05) is 12.3 Å². The Morgan fingerprint density at radius 3 is 2.69 bits per heavy atom. The average Bonchev–Trinajstić information content (AvgIpc) is 2.90. The van der Waals surface area contributed by atoms with Gasteiger partial charge in [0.05, 0.1) is 5.92 Å². The molecule has 0 amide bonds. The lowest BCUT2D eigenvalue weighted by Gasteiger charge is -2.25. The molecular weight excluding hydrogens is 200 g/mol. The number of hydrogen-bond donors (Lipinski definition) is 0. The van der Waals surface area contributed by atoms with Gasteiger partial charge in [0.15, 0.2) is 0 Å². The van der Waals surface area contributed by atoms with Crippen LogP contribution in [0.3, 0.4) is 0 Å². The van der Waals surface area contributed by atoms with E-state index in [1.807, 2.05) is 0 Å². The third-order valence-corrected chi connectivity index (χ3v) is 4.54. The van der Waals surface area contributed by atoms with Crippen molar-refractivity contribution in [2.24, 2.45) is 23.7 Å². The van der Waals surface area contributed by atoms with Crippen molar-refractivity contribution >= 4 is 11.6 Å². The third kappa shape index (κ3) is 1.55. The zero-order valence-corrected chi connectivity index (χ0v) is 9.52. The summed E-state index contributed by atoms with van der Waals surface area (Å²) in [6, 6.07) is 0. The Balaban J connectivity index is 1.73. The lowest BCUT2D eigenvalue weighted by Crippen LogP contribution is -2.33. The van der Waals surface area contributed by atoms with E-state index in [0.29, 0.717) is 18.3 Å². The Hall–Kier alpha value is -0.920. The molecule has 2 nitrogen and oxygen atoms in total. The highest BCUT2D eigenvalue weighted by Gasteiger charge is 2.43. The van der Waals surface area contributed by atoms with Crippen LogP contribution in [0.15, 0.2) is 12.2 Å². The van der Waals surface area contributed by atoms with E-state index in [1.165, 1.54) is 0 Å². The van der Waals surface area contributed by atoms with Gasteiger partial charge >= 0.3 is 0 Å². The molecule has 0 radical (unpaired) electrons. The van der Waals surface area contributed by atoms with Gasteiger partial charge in [-0.05, 0) is 37.5 Å². The van der Waals surface area contributed by atoms with Gasteiger partial charge in [-0.25, -0.2) is 0 Å². The molecule has 0 saturated heterocycles. The molecule has 0 aromatic rings. The van der Waals surface area contributed by atoms with Crippen molar-refractivity contribution in [1.82, 2.24) is 0 Å². The van der Waals surface area contributed by atoms with Gasteiger partial charge < -0.3 is 0 Å². The summed E-state index contributed by atoms with van der Waals surface area (Å²) in [4.78, 5) is 24.1. The highest BCUT2D eigenvalue weighted by Crippen LogP contribution is 2.45. The summed E-state index contributed by atoms with van der Waals surface area (Å²) in [6.45, 7) is 0. The number of fused-ring (bicyclic) bond motifs is 2. The number of allylic oxidation sites excluding steroid dienone is 2. The van der Waals surface area contributed by atoms with Gasteiger partial charge in [-0.3, -0.25) is 9.59 Å². The molecule has 2 fully saturated rings. The Morgan fingerprint density at radius 2 is 2.06 bits per heavy atom.